The van der Waals surface area contributed by atoms with Gasteiger partial charge in [-0.05, 0) is 30.4 Å². The highest BCUT2D eigenvalue weighted by Crippen LogP contribution is 2.12. The van der Waals surface area contributed by atoms with Gasteiger partial charge in [0.1, 0.15) is 0 Å². The number of aromatic amines is 1. The number of imidazole rings is 1. The van der Waals surface area contributed by atoms with Crippen molar-refractivity contribution in [1.29, 1.82) is 0 Å². The lowest BCUT2D eigenvalue weighted by Gasteiger charge is -2.00. The van der Waals surface area contributed by atoms with E-state index in [4.69, 9.17) is 12.2 Å². The van der Waals surface area contributed by atoms with E-state index in [0.717, 1.165) is 16.9 Å². The van der Waals surface area contributed by atoms with E-state index < -0.39 is 0 Å². The normalized spacial score (nSPS) is 11.1. The Morgan fingerprint density at radius 1 is 1.41 bits per heavy atom. The van der Waals surface area contributed by atoms with Gasteiger partial charge in [-0.2, -0.15) is 5.10 Å². The van der Waals surface area contributed by atoms with Crippen LogP contribution >= 0.6 is 12.2 Å². The molecular formula is C11H11N5S. The minimum Gasteiger partial charge on any atom is -0.329 e. The van der Waals surface area contributed by atoms with E-state index >= 15 is 0 Å². The van der Waals surface area contributed by atoms with Crippen molar-refractivity contribution in [2.75, 3.05) is 0 Å². The molecule has 3 aromatic heterocycles. The molecule has 0 unspecified atom stereocenters. The maximum atomic E-state index is 5.29. The van der Waals surface area contributed by atoms with Crippen LogP contribution in [-0.4, -0.2) is 24.3 Å². The summed E-state index contributed by atoms with van der Waals surface area (Å²) in [5.41, 5.74) is 2.78. The zero-order valence-corrected chi connectivity index (χ0v) is 10.1. The average Bonchev–Trinajstić information content (AvgIpc) is 2.85. The van der Waals surface area contributed by atoms with Crippen LogP contribution in [0.4, 0.5) is 0 Å². The number of aromatic nitrogens is 5. The van der Waals surface area contributed by atoms with Crippen molar-refractivity contribution in [3.05, 3.63) is 41.1 Å². The maximum absolute atomic E-state index is 5.29. The molecule has 0 bridgehead atoms. The van der Waals surface area contributed by atoms with Gasteiger partial charge in [0, 0.05) is 19.4 Å². The molecule has 3 heterocycles. The van der Waals surface area contributed by atoms with Crippen molar-refractivity contribution >= 4 is 23.4 Å². The van der Waals surface area contributed by atoms with E-state index in [0.29, 0.717) is 11.3 Å². The zero-order chi connectivity index (χ0) is 11.8. The Morgan fingerprint density at radius 3 is 3.06 bits per heavy atom. The third-order valence-electron chi connectivity index (χ3n) is 2.62. The number of nitrogens with zero attached hydrogens (tertiary/aromatic N) is 4. The Labute approximate surface area is 103 Å². The molecule has 0 saturated heterocycles. The van der Waals surface area contributed by atoms with Gasteiger partial charge < -0.3 is 4.98 Å². The smallest absolute Gasteiger partial charge is 0.179 e. The monoisotopic (exact) mass is 245 g/mol. The number of hydrogen-bond donors (Lipinski definition) is 1. The van der Waals surface area contributed by atoms with Crippen molar-refractivity contribution in [3.63, 3.8) is 0 Å². The molecule has 5 nitrogen and oxygen atoms in total. The third-order valence-corrected chi connectivity index (χ3v) is 2.94. The Morgan fingerprint density at radius 2 is 2.29 bits per heavy atom. The minimum absolute atomic E-state index is 0.636. The van der Waals surface area contributed by atoms with Crippen LogP contribution in [0.25, 0.3) is 11.2 Å². The number of rotatable bonds is 2. The van der Waals surface area contributed by atoms with E-state index in [2.05, 4.69) is 15.1 Å². The molecule has 0 aliphatic rings. The molecule has 0 saturated carbocycles. The Kier molecular flexibility index (Phi) is 2.29. The number of aryl methyl sites for hydroxylation is 1. The van der Waals surface area contributed by atoms with Crippen molar-refractivity contribution in [1.82, 2.24) is 24.3 Å². The van der Waals surface area contributed by atoms with Crippen LogP contribution in [0.3, 0.4) is 0 Å². The third kappa shape index (κ3) is 1.76. The minimum atomic E-state index is 0.636. The summed E-state index contributed by atoms with van der Waals surface area (Å²) in [6, 6.07) is 5.83. The van der Waals surface area contributed by atoms with Crippen molar-refractivity contribution in [2.45, 2.75) is 6.54 Å². The largest absolute Gasteiger partial charge is 0.329 e. The van der Waals surface area contributed by atoms with Gasteiger partial charge in [-0.25, -0.2) is 4.98 Å². The summed E-state index contributed by atoms with van der Waals surface area (Å²) < 4.78 is 4.40. The Bertz CT molecular complexity index is 721. The van der Waals surface area contributed by atoms with Crippen LogP contribution in [-0.2, 0) is 13.6 Å². The van der Waals surface area contributed by atoms with Gasteiger partial charge in [-0.3, -0.25) is 9.25 Å². The molecule has 17 heavy (non-hydrogen) atoms. The fraction of sp³-hybridized carbons (Fsp3) is 0.182. The highest BCUT2D eigenvalue weighted by Gasteiger charge is 2.06. The predicted molar refractivity (Wildman–Crippen MR) is 67.2 cm³/mol. The molecular weight excluding hydrogens is 234 g/mol. The van der Waals surface area contributed by atoms with E-state index in [1.165, 1.54) is 0 Å². The molecule has 0 aromatic carbocycles. The van der Waals surface area contributed by atoms with Gasteiger partial charge in [-0.15, -0.1) is 0 Å². The summed E-state index contributed by atoms with van der Waals surface area (Å²) in [6.45, 7) is 0.636. The highest BCUT2D eigenvalue weighted by molar-refractivity contribution is 7.71. The summed E-state index contributed by atoms with van der Waals surface area (Å²) in [5.74, 6) is 0. The second-order valence-corrected chi connectivity index (χ2v) is 4.26. The molecule has 0 aliphatic carbocycles. The van der Waals surface area contributed by atoms with Crippen LogP contribution in [0.5, 0.6) is 0 Å². The number of H-pyrrole nitrogens is 1. The van der Waals surface area contributed by atoms with E-state index in [1.807, 2.05) is 36.0 Å². The quantitative estimate of drug-likeness (QED) is 0.701. The molecule has 86 valence electrons. The number of hydrogen-bond acceptors (Lipinski definition) is 3. The van der Waals surface area contributed by atoms with Gasteiger partial charge in [-0.1, -0.05) is 0 Å². The summed E-state index contributed by atoms with van der Waals surface area (Å²) >= 11 is 5.29. The lowest BCUT2D eigenvalue weighted by Crippen LogP contribution is -2.02. The molecule has 0 fully saturated rings. The molecule has 0 spiro atoms. The average molecular weight is 245 g/mol. The van der Waals surface area contributed by atoms with Crippen LogP contribution in [0.2, 0.25) is 0 Å². The summed E-state index contributed by atoms with van der Waals surface area (Å²) in [4.78, 5) is 7.47. The second-order valence-electron chi connectivity index (χ2n) is 3.87. The number of pyridine rings is 1. The Balaban J connectivity index is 2.11. The zero-order valence-electron chi connectivity index (χ0n) is 9.29. The molecule has 0 amide bonds. The fourth-order valence-electron chi connectivity index (χ4n) is 1.84. The fourth-order valence-corrected chi connectivity index (χ4v) is 2.11. The van der Waals surface area contributed by atoms with E-state index in [1.54, 1.807) is 10.9 Å². The van der Waals surface area contributed by atoms with Crippen LogP contribution < -0.4 is 0 Å². The number of fused-ring (bicyclic) bond motifs is 1. The van der Waals surface area contributed by atoms with Crippen LogP contribution in [0, 0.1) is 4.77 Å². The maximum Gasteiger partial charge on any atom is 0.179 e. The molecule has 0 atom stereocenters. The summed E-state index contributed by atoms with van der Waals surface area (Å²) in [6.07, 6.45) is 3.68. The first-order valence-corrected chi connectivity index (χ1v) is 5.67. The van der Waals surface area contributed by atoms with Crippen molar-refractivity contribution in [2.24, 2.45) is 7.05 Å². The first-order chi connectivity index (χ1) is 8.24. The van der Waals surface area contributed by atoms with Crippen molar-refractivity contribution < 1.29 is 0 Å². The first kappa shape index (κ1) is 10.2. The van der Waals surface area contributed by atoms with Gasteiger partial charge >= 0.3 is 0 Å². The molecule has 3 rings (SSSR count). The Hall–Kier alpha value is -1.95. The standard InChI is InChI=1S/C11H11N5S/c1-15-6-4-8(14-15)7-16-10-9(13-11(16)17)3-2-5-12-10/h2-6H,7H2,1H3,(H,13,17). The second kappa shape index (κ2) is 3.81. The molecule has 0 aliphatic heterocycles. The van der Waals surface area contributed by atoms with Crippen molar-refractivity contribution in [3.8, 4) is 0 Å². The first-order valence-electron chi connectivity index (χ1n) is 5.26. The van der Waals surface area contributed by atoms with Gasteiger partial charge in [0.15, 0.2) is 10.4 Å². The molecule has 0 radical (unpaired) electrons. The molecule has 1 N–H and O–H groups in total. The highest BCUT2D eigenvalue weighted by atomic mass is 32.1. The topological polar surface area (TPSA) is 51.4 Å². The van der Waals surface area contributed by atoms with Crippen LogP contribution in [0.15, 0.2) is 30.6 Å². The SMILES string of the molecule is Cn1ccc(Cn2c(=S)[nH]c3cccnc32)n1. The van der Waals surface area contributed by atoms with Gasteiger partial charge in [0.25, 0.3) is 0 Å². The van der Waals surface area contributed by atoms with E-state index in [9.17, 15) is 0 Å². The van der Waals surface area contributed by atoms with Crippen LogP contribution in [0.1, 0.15) is 5.69 Å². The summed E-state index contributed by atoms with van der Waals surface area (Å²) in [5, 5.41) is 4.34. The number of nitrogens with one attached hydrogen (secondary N) is 1. The van der Waals surface area contributed by atoms with E-state index in [-0.39, 0.29) is 0 Å². The van der Waals surface area contributed by atoms with Gasteiger partial charge in [0.05, 0.1) is 17.8 Å². The lowest BCUT2D eigenvalue weighted by atomic mass is 10.4. The predicted octanol–water partition coefficient (Wildman–Crippen LogP) is 1.88. The molecule has 6 heteroatoms. The van der Waals surface area contributed by atoms with Gasteiger partial charge in [0.2, 0.25) is 0 Å². The summed E-state index contributed by atoms with van der Waals surface area (Å²) in [7, 11) is 1.90. The molecule has 3 aromatic rings. The lowest BCUT2D eigenvalue weighted by molar-refractivity contribution is 0.708.